The monoisotopic (exact) mass is 355 g/mol. The van der Waals surface area contributed by atoms with E-state index in [0.29, 0.717) is 37.5 Å². The molecule has 1 fully saturated rings. The highest BCUT2D eigenvalue weighted by Crippen LogP contribution is 2.31. The lowest BCUT2D eigenvalue weighted by Crippen LogP contribution is -2.42. The predicted molar refractivity (Wildman–Crippen MR) is 94.9 cm³/mol. The van der Waals surface area contributed by atoms with Crippen LogP contribution in [0, 0.1) is 5.92 Å². The van der Waals surface area contributed by atoms with E-state index in [0.717, 1.165) is 15.2 Å². The zero-order valence-corrected chi connectivity index (χ0v) is 14.3. The van der Waals surface area contributed by atoms with E-state index in [1.54, 1.807) is 11.3 Å². The maximum Gasteiger partial charge on any atom is 0.225 e. The fourth-order valence-electron chi connectivity index (χ4n) is 2.84. The van der Waals surface area contributed by atoms with Crippen molar-refractivity contribution in [3.8, 4) is 10.8 Å². The Bertz CT molecular complexity index is 887. The van der Waals surface area contributed by atoms with Gasteiger partial charge in [0.05, 0.1) is 22.7 Å². The first-order chi connectivity index (χ1) is 12.2. The van der Waals surface area contributed by atoms with E-state index in [1.807, 2.05) is 36.4 Å². The minimum absolute atomic E-state index is 0.00978. The number of aromatic nitrogens is 1. The lowest BCUT2D eigenvalue weighted by molar-refractivity contribution is -0.129. The molecule has 25 heavy (non-hydrogen) atoms. The van der Waals surface area contributed by atoms with E-state index in [1.165, 1.54) is 0 Å². The summed E-state index contributed by atoms with van der Waals surface area (Å²) in [5, 5.41) is 6.42. The first-order valence-corrected chi connectivity index (χ1v) is 9.00. The molecule has 3 aromatic rings. The minimum atomic E-state index is -0.170. The summed E-state index contributed by atoms with van der Waals surface area (Å²) in [5.41, 5.74) is 0.952. The number of carbonyl (C=O) groups excluding carboxylic acids is 2. The molecule has 2 N–H and O–H groups in total. The molecule has 0 radical (unpaired) electrons. The normalized spacial score (nSPS) is 17.4. The van der Waals surface area contributed by atoms with E-state index in [9.17, 15) is 9.59 Å². The Morgan fingerprint density at radius 2 is 2.20 bits per heavy atom. The molecule has 1 aromatic carbocycles. The molecule has 7 heteroatoms. The summed E-state index contributed by atoms with van der Waals surface area (Å²) in [6, 6.07) is 11.7. The smallest absolute Gasteiger partial charge is 0.225 e. The molecule has 1 aliphatic heterocycles. The average molecular weight is 355 g/mol. The number of amides is 2. The number of nitrogens with one attached hydrogen (secondary N) is 2. The number of furan rings is 1. The third-order valence-corrected chi connectivity index (χ3v) is 5.29. The number of hydrogen-bond donors (Lipinski definition) is 2. The number of hydrogen-bond acceptors (Lipinski definition) is 5. The van der Waals surface area contributed by atoms with Crippen LogP contribution in [-0.4, -0.2) is 23.3 Å². The Hall–Kier alpha value is -2.67. The van der Waals surface area contributed by atoms with E-state index in [4.69, 9.17) is 4.42 Å². The van der Waals surface area contributed by atoms with Crippen molar-refractivity contribution in [1.29, 1.82) is 0 Å². The number of benzene rings is 1. The number of rotatable bonds is 4. The van der Waals surface area contributed by atoms with Gasteiger partial charge in [0.1, 0.15) is 5.76 Å². The van der Waals surface area contributed by atoms with Crippen molar-refractivity contribution >= 4 is 33.4 Å². The maximum atomic E-state index is 12.2. The SMILES string of the molecule is O=C1CCC(C(=O)NCc2ccc(-c3nc4ccccc4s3)o2)CN1. The summed E-state index contributed by atoms with van der Waals surface area (Å²) in [5.74, 6) is 1.17. The van der Waals surface area contributed by atoms with Crippen molar-refractivity contribution < 1.29 is 14.0 Å². The van der Waals surface area contributed by atoms with Crippen molar-refractivity contribution in [1.82, 2.24) is 15.6 Å². The van der Waals surface area contributed by atoms with Gasteiger partial charge in [-0.3, -0.25) is 9.59 Å². The van der Waals surface area contributed by atoms with E-state index in [-0.39, 0.29) is 17.7 Å². The highest BCUT2D eigenvalue weighted by atomic mass is 32.1. The van der Waals surface area contributed by atoms with Crippen LogP contribution in [0.1, 0.15) is 18.6 Å². The van der Waals surface area contributed by atoms with Gasteiger partial charge >= 0.3 is 0 Å². The molecule has 2 aromatic heterocycles. The van der Waals surface area contributed by atoms with Gasteiger partial charge in [-0.1, -0.05) is 12.1 Å². The Kier molecular flexibility index (Phi) is 4.23. The number of carbonyl (C=O) groups is 2. The molecule has 1 unspecified atom stereocenters. The summed E-state index contributed by atoms with van der Waals surface area (Å²) < 4.78 is 6.93. The Morgan fingerprint density at radius 3 is 3.00 bits per heavy atom. The number of fused-ring (bicyclic) bond motifs is 1. The van der Waals surface area contributed by atoms with Gasteiger partial charge in [-0.15, -0.1) is 11.3 Å². The molecule has 1 saturated heterocycles. The third kappa shape index (κ3) is 3.41. The van der Waals surface area contributed by atoms with Crippen LogP contribution in [0.25, 0.3) is 21.0 Å². The molecule has 2 amide bonds. The van der Waals surface area contributed by atoms with E-state index >= 15 is 0 Å². The highest BCUT2D eigenvalue weighted by Gasteiger charge is 2.24. The quantitative estimate of drug-likeness (QED) is 0.754. The molecule has 3 heterocycles. The molecule has 0 saturated carbocycles. The fourth-order valence-corrected chi connectivity index (χ4v) is 3.77. The molecule has 1 atom stereocenters. The fraction of sp³-hybridized carbons (Fsp3) is 0.278. The third-order valence-electron chi connectivity index (χ3n) is 4.24. The molecular weight excluding hydrogens is 338 g/mol. The minimum Gasteiger partial charge on any atom is -0.457 e. The molecule has 0 bridgehead atoms. The standard InChI is InChI=1S/C18H17N3O3S/c22-16-8-5-11(9-19-16)17(23)20-10-12-6-7-14(24-12)18-21-13-3-1-2-4-15(13)25-18/h1-4,6-7,11H,5,8-10H2,(H,19,22)(H,20,23). The molecule has 6 nitrogen and oxygen atoms in total. The van der Waals surface area contributed by atoms with Gasteiger partial charge in [0.15, 0.2) is 10.8 Å². The molecule has 0 aliphatic carbocycles. The first kappa shape index (κ1) is 15.8. The zero-order valence-electron chi connectivity index (χ0n) is 13.5. The van der Waals surface area contributed by atoms with Gasteiger partial charge in [0, 0.05) is 13.0 Å². The summed E-state index contributed by atoms with van der Waals surface area (Å²) in [7, 11) is 0. The molecule has 4 rings (SSSR count). The van der Waals surface area contributed by atoms with Crippen molar-refractivity contribution in [2.24, 2.45) is 5.92 Å². The first-order valence-electron chi connectivity index (χ1n) is 8.18. The van der Waals surface area contributed by atoms with Gasteiger partial charge < -0.3 is 15.1 Å². The van der Waals surface area contributed by atoms with Crippen LogP contribution in [-0.2, 0) is 16.1 Å². The van der Waals surface area contributed by atoms with Crippen LogP contribution in [0.3, 0.4) is 0 Å². The van der Waals surface area contributed by atoms with Crippen LogP contribution in [0.4, 0.5) is 0 Å². The summed E-state index contributed by atoms with van der Waals surface area (Å²) in [6.45, 7) is 0.730. The molecule has 128 valence electrons. The molecular formula is C18H17N3O3S. The number of nitrogens with zero attached hydrogens (tertiary/aromatic N) is 1. The Balaban J connectivity index is 1.39. The largest absolute Gasteiger partial charge is 0.457 e. The van der Waals surface area contributed by atoms with Crippen molar-refractivity contribution in [2.45, 2.75) is 19.4 Å². The van der Waals surface area contributed by atoms with Gasteiger partial charge in [-0.05, 0) is 30.7 Å². The second-order valence-electron chi connectivity index (χ2n) is 6.01. The second kappa shape index (κ2) is 6.68. The summed E-state index contributed by atoms with van der Waals surface area (Å²) >= 11 is 1.58. The van der Waals surface area contributed by atoms with Crippen LogP contribution >= 0.6 is 11.3 Å². The van der Waals surface area contributed by atoms with Crippen LogP contribution in [0.5, 0.6) is 0 Å². The van der Waals surface area contributed by atoms with Crippen molar-refractivity contribution in [2.75, 3.05) is 6.54 Å². The number of piperidine rings is 1. The average Bonchev–Trinajstić information content (AvgIpc) is 3.26. The van der Waals surface area contributed by atoms with Gasteiger partial charge in [-0.25, -0.2) is 4.98 Å². The van der Waals surface area contributed by atoms with Gasteiger partial charge in [-0.2, -0.15) is 0 Å². The second-order valence-corrected chi connectivity index (χ2v) is 7.04. The van der Waals surface area contributed by atoms with Crippen LogP contribution in [0.2, 0.25) is 0 Å². The van der Waals surface area contributed by atoms with E-state index in [2.05, 4.69) is 15.6 Å². The molecule has 1 aliphatic rings. The van der Waals surface area contributed by atoms with E-state index < -0.39 is 0 Å². The number of thiazole rings is 1. The molecule has 0 spiro atoms. The Morgan fingerprint density at radius 1 is 1.32 bits per heavy atom. The lowest BCUT2D eigenvalue weighted by atomic mass is 9.98. The summed E-state index contributed by atoms with van der Waals surface area (Å²) in [6.07, 6.45) is 0.993. The van der Waals surface area contributed by atoms with Crippen LogP contribution in [0.15, 0.2) is 40.8 Å². The predicted octanol–water partition coefficient (Wildman–Crippen LogP) is 2.70. The Labute approximate surface area is 148 Å². The topological polar surface area (TPSA) is 84.2 Å². The van der Waals surface area contributed by atoms with Gasteiger partial charge in [0.25, 0.3) is 0 Å². The highest BCUT2D eigenvalue weighted by molar-refractivity contribution is 7.21. The van der Waals surface area contributed by atoms with Crippen molar-refractivity contribution in [3.05, 3.63) is 42.2 Å². The van der Waals surface area contributed by atoms with Crippen molar-refractivity contribution in [3.63, 3.8) is 0 Å². The maximum absolute atomic E-state index is 12.2. The lowest BCUT2D eigenvalue weighted by Gasteiger charge is -2.21. The zero-order chi connectivity index (χ0) is 17.2. The van der Waals surface area contributed by atoms with Crippen LogP contribution < -0.4 is 10.6 Å². The summed E-state index contributed by atoms with van der Waals surface area (Å²) in [4.78, 5) is 27.9. The van der Waals surface area contributed by atoms with Gasteiger partial charge in [0.2, 0.25) is 11.8 Å². The number of para-hydroxylation sites is 1.